The van der Waals surface area contributed by atoms with Crippen LogP contribution in [0.3, 0.4) is 0 Å². The summed E-state index contributed by atoms with van der Waals surface area (Å²) in [5.41, 5.74) is 2.53. The minimum atomic E-state index is 0.0927. The highest BCUT2D eigenvalue weighted by molar-refractivity contribution is 5.97. The first-order valence-electron chi connectivity index (χ1n) is 12.3. The molecule has 3 heterocycles. The number of likely N-dealkylation sites (tertiary alicyclic amines) is 2. The van der Waals surface area contributed by atoms with E-state index in [-0.39, 0.29) is 11.8 Å². The summed E-state index contributed by atoms with van der Waals surface area (Å²) in [7, 11) is 0. The van der Waals surface area contributed by atoms with Crippen molar-refractivity contribution in [2.75, 3.05) is 39.3 Å². The van der Waals surface area contributed by atoms with E-state index in [0.717, 1.165) is 75.4 Å². The van der Waals surface area contributed by atoms with Crippen LogP contribution in [0, 0.1) is 0 Å². The van der Waals surface area contributed by atoms with Crippen molar-refractivity contribution in [1.29, 1.82) is 0 Å². The monoisotopic (exact) mass is 447 g/mol. The first-order valence-corrected chi connectivity index (χ1v) is 12.3. The molecule has 0 unspecified atom stereocenters. The predicted octanol–water partition coefficient (Wildman–Crippen LogP) is 4.20. The van der Waals surface area contributed by atoms with Crippen LogP contribution >= 0.6 is 0 Å². The van der Waals surface area contributed by atoms with Gasteiger partial charge in [0.25, 0.3) is 11.8 Å². The van der Waals surface area contributed by atoms with Crippen LogP contribution in [-0.4, -0.2) is 71.8 Å². The molecule has 6 heteroatoms. The van der Waals surface area contributed by atoms with Crippen molar-refractivity contribution in [2.24, 2.45) is 0 Å². The fraction of sp³-hybridized carbons (Fsp3) is 0.481. The van der Waals surface area contributed by atoms with E-state index in [1.54, 1.807) is 0 Å². The van der Waals surface area contributed by atoms with E-state index < -0.39 is 0 Å². The zero-order valence-electron chi connectivity index (χ0n) is 19.5. The highest BCUT2D eigenvalue weighted by atomic mass is 16.5. The lowest BCUT2D eigenvalue weighted by atomic mass is 9.98. The van der Waals surface area contributed by atoms with Gasteiger partial charge in [0.2, 0.25) is 0 Å². The average molecular weight is 448 g/mol. The smallest absolute Gasteiger partial charge is 0.254 e. The molecular formula is C27H33N3O3. The number of hydrogen-bond acceptors (Lipinski definition) is 4. The van der Waals surface area contributed by atoms with Crippen molar-refractivity contribution in [3.8, 4) is 11.5 Å². The van der Waals surface area contributed by atoms with Gasteiger partial charge in [0.05, 0.1) is 0 Å². The number of carbonyl (C=O) groups excluding carboxylic acids is 2. The van der Waals surface area contributed by atoms with Crippen molar-refractivity contribution in [1.82, 2.24) is 14.7 Å². The summed E-state index contributed by atoms with van der Waals surface area (Å²) >= 11 is 0. The lowest BCUT2D eigenvalue weighted by molar-refractivity contribution is 0.0716. The summed E-state index contributed by atoms with van der Waals surface area (Å²) in [6.45, 7) is 7.63. The quantitative estimate of drug-likeness (QED) is 0.666. The summed E-state index contributed by atoms with van der Waals surface area (Å²) in [6, 6.07) is 13.7. The van der Waals surface area contributed by atoms with E-state index in [1.165, 1.54) is 12.8 Å². The van der Waals surface area contributed by atoms with Crippen LogP contribution in [0.25, 0.3) is 0 Å². The number of carbonyl (C=O) groups is 2. The van der Waals surface area contributed by atoms with Gasteiger partial charge in [0, 0.05) is 49.9 Å². The second-order valence-electron chi connectivity index (χ2n) is 9.51. The molecule has 33 heavy (non-hydrogen) atoms. The third-order valence-corrected chi connectivity index (χ3v) is 7.32. The Morgan fingerprint density at radius 2 is 1.70 bits per heavy atom. The summed E-state index contributed by atoms with van der Waals surface area (Å²) in [5, 5.41) is 0. The standard InChI is InChI=1S/C27H33N3O3/c1-20-5-4-15-28(20)17-18-30-16-12-22-19-24(10-11-25(22)27(30)32)33-23-8-6-21(7-9-23)26(31)29-13-2-3-14-29/h6-11,19-20H,2-5,12-18H2,1H3/t20-/m1/s1. The maximum absolute atomic E-state index is 13.0. The SMILES string of the molecule is C[C@@H]1CCCN1CCN1CCc2cc(Oc3ccc(C(=O)N4CCCC4)cc3)ccc2C1=O. The van der Waals surface area contributed by atoms with E-state index in [2.05, 4.69) is 11.8 Å². The van der Waals surface area contributed by atoms with Crippen LogP contribution in [0.2, 0.25) is 0 Å². The van der Waals surface area contributed by atoms with Gasteiger partial charge in [-0.2, -0.15) is 0 Å². The lowest BCUT2D eigenvalue weighted by Crippen LogP contribution is -2.43. The largest absolute Gasteiger partial charge is 0.457 e. The van der Waals surface area contributed by atoms with Gasteiger partial charge >= 0.3 is 0 Å². The molecule has 0 N–H and O–H groups in total. The van der Waals surface area contributed by atoms with Crippen LogP contribution in [0.5, 0.6) is 11.5 Å². The Balaban J connectivity index is 1.20. The fourth-order valence-corrected chi connectivity index (χ4v) is 5.27. The molecule has 0 radical (unpaired) electrons. The highest BCUT2D eigenvalue weighted by Crippen LogP contribution is 2.28. The molecule has 0 aliphatic carbocycles. The van der Waals surface area contributed by atoms with Crippen LogP contribution in [-0.2, 0) is 6.42 Å². The van der Waals surface area contributed by atoms with Gasteiger partial charge in [0.1, 0.15) is 11.5 Å². The number of fused-ring (bicyclic) bond motifs is 1. The van der Waals surface area contributed by atoms with Gasteiger partial charge in [-0.25, -0.2) is 0 Å². The average Bonchev–Trinajstić information content (AvgIpc) is 3.51. The van der Waals surface area contributed by atoms with E-state index >= 15 is 0 Å². The Hall–Kier alpha value is -2.86. The third-order valence-electron chi connectivity index (χ3n) is 7.32. The summed E-state index contributed by atoms with van der Waals surface area (Å²) in [4.78, 5) is 31.9. The number of amides is 2. The Bertz CT molecular complexity index is 1010. The molecule has 0 bridgehead atoms. The second kappa shape index (κ2) is 9.56. The van der Waals surface area contributed by atoms with Crippen molar-refractivity contribution in [3.63, 3.8) is 0 Å². The Labute approximate surface area is 196 Å². The minimum Gasteiger partial charge on any atom is -0.457 e. The van der Waals surface area contributed by atoms with Gasteiger partial charge < -0.3 is 14.5 Å². The first-order chi connectivity index (χ1) is 16.1. The van der Waals surface area contributed by atoms with Gasteiger partial charge in [-0.05, 0) is 93.6 Å². The van der Waals surface area contributed by atoms with Gasteiger partial charge in [-0.15, -0.1) is 0 Å². The minimum absolute atomic E-state index is 0.0927. The molecule has 0 spiro atoms. The molecule has 6 nitrogen and oxygen atoms in total. The highest BCUT2D eigenvalue weighted by Gasteiger charge is 2.27. The molecule has 174 valence electrons. The maximum Gasteiger partial charge on any atom is 0.254 e. The number of ether oxygens (including phenoxy) is 1. The Kier molecular flexibility index (Phi) is 6.36. The predicted molar refractivity (Wildman–Crippen MR) is 128 cm³/mol. The molecule has 2 fully saturated rings. The normalized spacial score (nSPS) is 20.9. The van der Waals surface area contributed by atoms with Crippen molar-refractivity contribution < 1.29 is 14.3 Å². The van der Waals surface area contributed by atoms with Crippen LogP contribution in [0.1, 0.15) is 58.9 Å². The maximum atomic E-state index is 13.0. The molecular weight excluding hydrogens is 414 g/mol. The van der Waals surface area contributed by atoms with E-state index in [4.69, 9.17) is 4.74 Å². The number of benzene rings is 2. The van der Waals surface area contributed by atoms with Crippen molar-refractivity contribution in [3.05, 3.63) is 59.2 Å². The Morgan fingerprint density at radius 1 is 0.939 bits per heavy atom. The van der Waals surface area contributed by atoms with E-state index in [0.29, 0.717) is 17.4 Å². The summed E-state index contributed by atoms with van der Waals surface area (Å²) in [6.07, 6.45) is 5.54. The molecule has 2 amide bonds. The first kappa shape index (κ1) is 22.0. The molecule has 0 saturated carbocycles. The molecule has 2 saturated heterocycles. The molecule has 0 aromatic heterocycles. The molecule has 5 rings (SSSR count). The topological polar surface area (TPSA) is 53.1 Å². The molecule has 1 atom stereocenters. The number of nitrogens with zero attached hydrogens (tertiary/aromatic N) is 3. The van der Waals surface area contributed by atoms with Crippen LogP contribution < -0.4 is 4.74 Å². The lowest BCUT2D eigenvalue weighted by Gasteiger charge is -2.31. The van der Waals surface area contributed by atoms with Gasteiger partial charge in [-0.3, -0.25) is 14.5 Å². The van der Waals surface area contributed by atoms with Gasteiger partial charge in [0.15, 0.2) is 0 Å². The molecule has 3 aliphatic heterocycles. The van der Waals surface area contributed by atoms with Crippen molar-refractivity contribution in [2.45, 2.75) is 45.1 Å². The zero-order valence-corrected chi connectivity index (χ0v) is 19.5. The summed E-state index contributed by atoms with van der Waals surface area (Å²) < 4.78 is 6.04. The number of hydrogen-bond donors (Lipinski definition) is 0. The summed E-state index contributed by atoms with van der Waals surface area (Å²) in [5.74, 6) is 1.63. The van der Waals surface area contributed by atoms with E-state index in [9.17, 15) is 9.59 Å². The van der Waals surface area contributed by atoms with E-state index in [1.807, 2.05) is 52.3 Å². The van der Waals surface area contributed by atoms with Crippen molar-refractivity contribution >= 4 is 11.8 Å². The van der Waals surface area contributed by atoms with Crippen LogP contribution in [0.4, 0.5) is 0 Å². The Morgan fingerprint density at radius 3 is 2.42 bits per heavy atom. The molecule has 2 aromatic rings. The number of rotatable bonds is 6. The third kappa shape index (κ3) is 4.76. The molecule has 3 aliphatic rings. The van der Waals surface area contributed by atoms with Gasteiger partial charge in [-0.1, -0.05) is 0 Å². The fourth-order valence-electron chi connectivity index (χ4n) is 5.27. The van der Waals surface area contributed by atoms with Crippen LogP contribution in [0.15, 0.2) is 42.5 Å². The molecule has 2 aromatic carbocycles. The zero-order chi connectivity index (χ0) is 22.8. The second-order valence-corrected chi connectivity index (χ2v) is 9.51.